The standard InChI is InChI=1S/C17H32O4/c1-4-5-6-7-8-9-10-11-14-20-16(18)12-13-17(19)21-15(2)3/h15H,4-14H2,1-3H3. The Morgan fingerprint density at radius 3 is 1.90 bits per heavy atom. The molecule has 0 amide bonds. The van der Waals surface area contributed by atoms with Crippen LogP contribution in [0.2, 0.25) is 0 Å². The highest BCUT2D eigenvalue weighted by Crippen LogP contribution is 2.08. The average Bonchev–Trinajstić information content (AvgIpc) is 2.42. The predicted octanol–water partition coefficient (Wildman–Crippen LogP) is 4.40. The Bertz CT molecular complexity index is 274. The van der Waals surface area contributed by atoms with E-state index < -0.39 is 0 Å². The monoisotopic (exact) mass is 300 g/mol. The summed E-state index contributed by atoms with van der Waals surface area (Å²) in [6.45, 7) is 6.26. The lowest BCUT2D eigenvalue weighted by molar-refractivity contribution is -0.152. The molecule has 0 aliphatic carbocycles. The molecule has 0 spiro atoms. The minimum absolute atomic E-state index is 0.106. The van der Waals surface area contributed by atoms with Crippen LogP contribution < -0.4 is 0 Å². The molecule has 0 saturated carbocycles. The van der Waals surface area contributed by atoms with Crippen molar-refractivity contribution in [3.8, 4) is 0 Å². The van der Waals surface area contributed by atoms with Crippen molar-refractivity contribution >= 4 is 11.9 Å². The van der Waals surface area contributed by atoms with Crippen LogP contribution in [0.1, 0.15) is 85.0 Å². The molecule has 0 rings (SSSR count). The van der Waals surface area contributed by atoms with Gasteiger partial charge < -0.3 is 9.47 Å². The van der Waals surface area contributed by atoms with Crippen LogP contribution in [0.3, 0.4) is 0 Å². The highest BCUT2D eigenvalue weighted by atomic mass is 16.5. The van der Waals surface area contributed by atoms with Crippen molar-refractivity contribution < 1.29 is 19.1 Å². The van der Waals surface area contributed by atoms with Gasteiger partial charge in [-0.05, 0) is 20.3 Å². The topological polar surface area (TPSA) is 52.6 Å². The van der Waals surface area contributed by atoms with Gasteiger partial charge >= 0.3 is 11.9 Å². The van der Waals surface area contributed by atoms with Crippen LogP contribution >= 0.6 is 0 Å². The van der Waals surface area contributed by atoms with Crippen molar-refractivity contribution in [2.24, 2.45) is 0 Å². The summed E-state index contributed by atoms with van der Waals surface area (Å²) in [5.74, 6) is -0.646. The Morgan fingerprint density at radius 1 is 0.810 bits per heavy atom. The molecule has 0 atom stereocenters. The second-order valence-electron chi connectivity index (χ2n) is 5.73. The van der Waals surface area contributed by atoms with Gasteiger partial charge in [0.25, 0.3) is 0 Å². The molecule has 0 radical (unpaired) electrons. The van der Waals surface area contributed by atoms with Gasteiger partial charge in [-0.3, -0.25) is 9.59 Å². The molecule has 0 aliphatic heterocycles. The fourth-order valence-corrected chi connectivity index (χ4v) is 2.02. The molecule has 0 aliphatic rings. The minimum Gasteiger partial charge on any atom is -0.466 e. The quantitative estimate of drug-likeness (QED) is 0.373. The van der Waals surface area contributed by atoms with E-state index in [0.29, 0.717) is 6.61 Å². The molecule has 21 heavy (non-hydrogen) atoms. The third-order valence-electron chi connectivity index (χ3n) is 3.16. The van der Waals surface area contributed by atoms with Gasteiger partial charge in [0.2, 0.25) is 0 Å². The van der Waals surface area contributed by atoms with Crippen molar-refractivity contribution in [2.45, 2.75) is 91.1 Å². The maximum atomic E-state index is 11.4. The number of unbranched alkanes of at least 4 members (excludes halogenated alkanes) is 7. The molecule has 0 unspecified atom stereocenters. The molecule has 0 aromatic rings. The number of hydrogen-bond donors (Lipinski definition) is 0. The van der Waals surface area contributed by atoms with Crippen LogP contribution in [0.15, 0.2) is 0 Å². The predicted molar refractivity (Wildman–Crippen MR) is 84.0 cm³/mol. The SMILES string of the molecule is CCCCCCCCCCOC(=O)CCC(=O)OC(C)C. The molecule has 4 nitrogen and oxygen atoms in total. The maximum absolute atomic E-state index is 11.4. The molecular formula is C17H32O4. The van der Waals surface area contributed by atoms with Crippen LogP contribution in [0.5, 0.6) is 0 Å². The van der Waals surface area contributed by atoms with E-state index in [-0.39, 0.29) is 30.9 Å². The van der Waals surface area contributed by atoms with Crippen LogP contribution in [0.25, 0.3) is 0 Å². The van der Waals surface area contributed by atoms with Gasteiger partial charge in [-0.2, -0.15) is 0 Å². The van der Waals surface area contributed by atoms with Gasteiger partial charge in [-0.1, -0.05) is 51.9 Å². The summed E-state index contributed by atoms with van der Waals surface area (Å²) in [6.07, 6.45) is 9.84. The first-order valence-corrected chi connectivity index (χ1v) is 8.41. The van der Waals surface area contributed by atoms with Crippen LogP contribution in [-0.2, 0) is 19.1 Å². The molecule has 0 saturated heterocycles. The summed E-state index contributed by atoms with van der Waals surface area (Å²) >= 11 is 0. The number of esters is 2. The number of rotatable bonds is 13. The summed E-state index contributed by atoms with van der Waals surface area (Å²) in [6, 6.07) is 0. The van der Waals surface area contributed by atoms with E-state index in [1.165, 1.54) is 38.5 Å². The highest BCUT2D eigenvalue weighted by Gasteiger charge is 2.10. The Kier molecular flexibility index (Phi) is 13.2. The lowest BCUT2D eigenvalue weighted by atomic mass is 10.1. The van der Waals surface area contributed by atoms with E-state index >= 15 is 0 Å². The Morgan fingerprint density at radius 2 is 1.33 bits per heavy atom. The molecule has 0 heterocycles. The number of ether oxygens (including phenoxy) is 2. The first kappa shape index (κ1) is 19.9. The second kappa shape index (κ2) is 13.9. The summed E-state index contributed by atoms with van der Waals surface area (Å²) in [7, 11) is 0. The van der Waals surface area contributed by atoms with E-state index in [0.717, 1.165) is 12.8 Å². The number of hydrogen-bond acceptors (Lipinski definition) is 4. The van der Waals surface area contributed by atoms with Gasteiger partial charge in [0.15, 0.2) is 0 Å². The van der Waals surface area contributed by atoms with Crippen molar-refractivity contribution in [3.05, 3.63) is 0 Å². The van der Waals surface area contributed by atoms with Gasteiger partial charge in [-0.15, -0.1) is 0 Å². The Balaban J connectivity index is 3.32. The van der Waals surface area contributed by atoms with Crippen LogP contribution in [0, 0.1) is 0 Å². The molecule has 0 N–H and O–H groups in total. The van der Waals surface area contributed by atoms with E-state index in [1.54, 1.807) is 13.8 Å². The summed E-state index contributed by atoms with van der Waals surface area (Å²) in [4.78, 5) is 22.7. The summed E-state index contributed by atoms with van der Waals surface area (Å²) in [5, 5.41) is 0. The van der Waals surface area contributed by atoms with Gasteiger partial charge in [-0.25, -0.2) is 0 Å². The van der Waals surface area contributed by atoms with Crippen molar-refractivity contribution in [1.29, 1.82) is 0 Å². The number of carbonyl (C=O) groups excluding carboxylic acids is 2. The number of carbonyl (C=O) groups is 2. The molecule has 0 aromatic heterocycles. The molecule has 0 bridgehead atoms. The molecular weight excluding hydrogens is 268 g/mol. The highest BCUT2D eigenvalue weighted by molar-refractivity contribution is 5.77. The van der Waals surface area contributed by atoms with Crippen molar-refractivity contribution in [2.75, 3.05) is 6.61 Å². The molecule has 124 valence electrons. The molecule has 4 heteroatoms. The van der Waals surface area contributed by atoms with Crippen LogP contribution in [0.4, 0.5) is 0 Å². The lowest BCUT2D eigenvalue weighted by Gasteiger charge is -2.08. The zero-order valence-electron chi connectivity index (χ0n) is 14.0. The second-order valence-corrected chi connectivity index (χ2v) is 5.73. The largest absolute Gasteiger partial charge is 0.466 e. The molecule has 0 fully saturated rings. The first-order valence-electron chi connectivity index (χ1n) is 8.41. The minimum atomic E-state index is -0.339. The normalized spacial score (nSPS) is 10.7. The summed E-state index contributed by atoms with van der Waals surface area (Å²) < 4.78 is 10.0. The van der Waals surface area contributed by atoms with Crippen molar-refractivity contribution in [3.63, 3.8) is 0 Å². The zero-order chi connectivity index (χ0) is 15.9. The summed E-state index contributed by atoms with van der Waals surface area (Å²) in [5.41, 5.74) is 0. The van der Waals surface area contributed by atoms with E-state index in [2.05, 4.69) is 6.92 Å². The van der Waals surface area contributed by atoms with Crippen LogP contribution in [-0.4, -0.2) is 24.6 Å². The third-order valence-corrected chi connectivity index (χ3v) is 3.16. The fraction of sp³-hybridized carbons (Fsp3) is 0.882. The van der Waals surface area contributed by atoms with E-state index in [1.807, 2.05) is 0 Å². The fourth-order valence-electron chi connectivity index (χ4n) is 2.02. The van der Waals surface area contributed by atoms with E-state index in [4.69, 9.17) is 9.47 Å². The van der Waals surface area contributed by atoms with Gasteiger partial charge in [0.05, 0.1) is 25.6 Å². The average molecular weight is 300 g/mol. The van der Waals surface area contributed by atoms with Crippen molar-refractivity contribution in [1.82, 2.24) is 0 Å². The maximum Gasteiger partial charge on any atom is 0.306 e. The third kappa shape index (κ3) is 15.2. The van der Waals surface area contributed by atoms with Gasteiger partial charge in [0, 0.05) is 0 Å². The Labute approximate surface area is 129 Å². The van der Waals surface area contributed by atoms with Gasteiger partial charge in [0.1, 0.15) is 0 Å². The van der Waals surface area contributed by atoms with E-state index in [9.17, 15) is 9.59 Å². The lowest BCUT2D eigenvalue weighted by Crippen LogP contribution is -2.14. The Hall–Kier alpha value is -1.06. The first-order chi connectivity index (χ1) is 10.1. The molecule has 0 aromatic carbocycles. The zero-order valence-corrected chi connectivity index (χ0v) is 14.0. The smallest absolute Gasteiger partial charge is 0.306 e.